The fourth-order valence-electron chi connectivity index (χ4n) is 1.96. The fraction of sp³-hybridized carbons (Fsp3) is 0.500. The van der Waals surface area contributed by atoms with E-state index in [1.54, 1.807) is 6.07 Å². The summed E-state index contributed by atoms with van der Waals surface area (Å²) in [7, 11) is 0. The molecule has 1 aliphatic heterocycles. The standard InChI is InChI=1S/C12H14BrFO/c1-8-2-3-9(7-15-8)11-6-10(13)4-5-12(11)14/h4-6,8-9H,2-3,7H2,1H3/t8-,9?/m0/s1. The molecular weight excluding hydrogens is 259 g/mol. The van der Waals surface area contributed by atoms with Gasteiger partial charge in [0.2, 0.25) is 0 Å². The summed E-state index contributed by atoms with van der Waals surface area (Å²) in [4.78, 5) is 0. The molecule has 2 atom stereocenters. The van der Waals surface area contributed by atoms with Gasteiger partial charge < -0.3 is 4.74 Å². The molecule has 0 radical (unpaired) electrons. The van der Waals surface area contributed by atoms with E-state index in [2.05, 4.69) is 22.9 Å². The molecule has 0 aliphatic carbocycles. The minimum atomic E-state index is -0.124. The summed E-state index contributed by atoms with van der Waals surface area (Å²) in [5, 5.41) is 0. The summed E-state index contributed by atoms with van der Waals surface area (Å²) in [5.41, 5.74) is 0.774. The van der Waals surface area contributed by atoms with Gasteiger partial charge in [0.25, 0.3) is 0 Å². The summed E-state index contributed by atoms with van der Waals surface area (Å²) in [5.74, 6) is 0.0834. The van der Waals surface area contributed by atoms with E-state index in [1.807, 2.05) is 6.07 Å². The Bertz CT molecular complexity index is 345. The molecule has 1 aliphatic rings. The molecule has 1 fully saturated rings. The molecule has 15 heavy (non-hydrogen) atoms. The minimum absolute atomic E-state index is 0.124. The van der Waals surface area contributed by atoms with Crippen molar-refractivity contribution in [3.63, 3.8) is 0 Å². The number of rotatable bonds is 1. The van der Waals surface area contributed by atoms with Crippen molar-refractivity contribution in [2.75, 3.05) is 6.61 Å². The van der Waals surface area contributed by atoms with E-state index >= 15 is 0 Å². The molecule has 2 rings (SSSR count). The van der Waals surface area contributed by atoms with Crippen molar-refractivity contribution >= 4 is 15.9 Å². The van der Waals surface area contributed by atoms with Crippen molar-refractivity contribution in [3.05, 3.63) is 34.1 Å². The van der Waals surface area contributed by atoms with Gasteiger partial charge in [-0.2, -0.15) is 0 Å². The van der Waals surface area contributed by atoms with E-state index in [1.165, 1.54) is 6.07 Å². The van der Waals surface area contributed by atoms with E-state index in [0.29, 0.717) is 12.7 Å². The Morgan fingerprint density at radius 3 is 2.87 bits per heavy atom. The number of ether oxygens (including phenoxy) is 1. The van der Waals surface area contributed by atoms with Gasteiger partial charge in [0.05, 0.1) is 12.7 Å². The third-order valence-corrected chi connectivity index (χ3v) is 3.39. The van der Waals surface area contributed by atoms with Gasteiger partial charge in [0, 0.05) is 10.4 Å². The zero-order valence-electron chi connectivity index (χ0n) is 8.67. The molecule has 0 bridgehead atoms. The predicted molar refractivity (Wildman–Crippen MR) is 61.5 cm³/mol. The van der Waals surface area contributed by atoms with Crippen molar-refractivity contribution in [3.8, 4) is 0 Å². The zero-order valence-corrected chi connectivity index (χ0v) is 10.3. The average molecular weight is 273 g/mol. The van der Waals surface area contributed by atoms with Crippen molar-refractivity contribution in [2.24, 2.45) is 0 Å². The van der Waals surface area contributed by atoms with E-state index in [4.69, 9.17) is 4.74 Å². The number of hydrogen-bond acceptors (Lipinski definition) is 1. The molecule has 0 spiro atoms. The smallest absolute Gasteiger partial charge is 0.126 e. The van der Waals surface area contributed by atoms with Crippen LogP contribution >= 0.6 is 15.9 Å². The summed E-state index contributed by atoms with van der Waals surface area (Å²) in [6.45, 7) is 2.70. The molecule has 3 heteroatoms. The highest BCUT2D eigenvalue weighted by Gasteiger charge is 2.22. The molecule has 0 amide bonds. The van der Waals surface area contributed by atoms with Crippen LogP contribution in [0, 0.1) is 5.82 Å². The van der Waals surface area contributed by atoms with Gasteiger partial charge >= 0.3 is 0 Å². The summed E-state index contributed by atoms with van der Waals surface area (Å²) in [6, 6.07) is 5.10. The third kappa shape index (κ3) is 2.58. The van der Waals surface area contributed by atoms with Crippen LogP contribution in [0.1, 0.15) is 31.2 Å². The summed E-state index contributed by atoms with van der Waals surface area (Å²) >= 11 is 3.37. The second kappa shape index (κ2) is 4.62. The second-order valence-corrected chi connectivity index (χ2v) is 5.00. The first-order valence-corrected chi connectivity index (χ1v) is 6.02. The normalized spacial score (nSPS) is 26.6. The first-order valence-electron chi connectivity index (χ1n) is 5.23. The van der Waals surface area contributed by atoms with Crippen LogP contribution in [0.3, 0.4) is 0 Å². The molecule has 0 aromatic heterocycles. The average Bonchev–Trinajstić information content (AvgIpc) is 2.23. The maximum Gasteiger partial charge on any atom is 0.126 e. The maximum atomic E-state index is 13.6. The molecule has 0 N–H and O–H groups in total. The third-order valence-electron chi connectivity index (χ3n) is 2.90. The van der Waals surface area contributed by atoms with Crippen molar-refractivity contribution in [2.45, 2.75) is 31.8 Å². The Morgan fingerprint density at radius 2 is 2.20 bits per heavy atom. The maximum absolute atomic E-state index is 13.6. The van der Waals surface area contributed by atoms with Gasteiger partial charge in [0.15, 0.2) is 0 Å². The topological polar surface area (TPSA) is 9.23 Å². The van der Waals surface area contributed by atoms with Crippen LogP contribution in [0.15, 0.2) is 22.7 Å². The first-order chi connectivity index (χ1) is 7.16. The number of hydrogen-bond donors (Lipinski definition) is 0. The number of halogens is 2. The summed E-state index contributed by atoms with van der Waals surface area (Å²) in [6.07, 6.45) is 2.34. The molecule has 0 saturated carbocycles. The van der Waals surface area contributed by atoms with Gasteiger partial charge in [-0.05, 0) is 43.5 Å². The lowest BCUT2D eigenvalue weighted by molar-refractivity contribution is 0.0148. The zero-order chi connectivity index (χ0) is 10.8. The van der Waals surface area contributed by atoms with Crippen LogP contribution in [0.25, 0.3) is 0 Å². The highest BCUT2D eigenvalue weighted by Crippen LogP contribution is 2.31. The van der Waals surface area contributed by atoms with Crippen LogP contribution in [0.4, 0.5) is 4.39 Å². The fourth-order valence-corrected chi connectivity index (χ4v) is 2.33. The van der Waals surface area contributed by atoms with Crippen LogP contribution in [-0.4, -0.2) is 12.7 Å². The Hall–Kier alpha value is -0.410. The quantitative estimate of drug-likeness (QED) is 0.754. The lowest BCUT2D eigenvalue weighted by Gasteiger charge is -2.27. The number of benzene rings is 1. The van der Waals surface area contributed by atoms with Crippen LogP contribution in [0.2, 0.25) is 0 Å². The van der Waals surface area contributed by atoms with Gasteiger partial charge in [-0.25, -0.2) is 4.39 Å². The van der Waals surface area contributed by atoms with Crippen LogP contribution < -0.4 is 0 Å². The van der Waals surface area contributed by atoms with Crippen LogP contribution in [-0.2, 0) is 4.74 Å². The van der Waals surface area contributed by atoms with Crippen molar-refractivity contribution in [1.29, 1.82) is 0 Å². The predicted octanol–water partition coefficient (Wildman–Crippen LogP) is 3.87. The highest BCUT2D eigenvalue weighted by molar-refractivity contribution is 9.10. The van der Waals surface area contributed by atoms with Gasteiger partial charge in [0.1, 0.15) is 5.82 Å². The van der Waals surface area contributed by atoms with Gasteiger partial charge in [-0.3, -0.25) is 0 Å². The molecule has 1 unspecified atom stereocenters. The Kier molecular flexibility index (Phi) is 3.42. The summed E-state index contributed by atoms with van der Waals surface area (Å²) < 4.78 is 20.1. The second-order valence-electron chi connectivity index (χ2n) is 4.08. The van der Waals surface area contributed by atoms with E-state index < -0.39 is 0 Å². The van der Waals surface area contributed by atoms with E-state index in [-0.39, 0.29) is 11.7 Å². The van der Waals surface area contributed by atoms with Gasteiger partial charge in [-0.1, -0.05) is 15.9 Å². The monoisotopic (exact) mass is 272 g/mol. The molecule has 1 aromatic rings. The Morgan fingerprint density at radius 1 is 1.40 bits per heavy atom. The lowest BCUT2D eigenvalue weighted by Crippen LogP contribution is -2.22. The van der Waals surface area contributed by atoms with Crippen LogP contribution in [0.5, 0.6) is 0 Å². The molecule has 1 nitrogen and oxygen atoms in total. The molecular formula is C12H14BrFO. The van der Waals surface area contributed by atoms with Crippen molar-refractivity contribution < 1.29 is 9.13 Å². The Balaban J connectivity index is 2.18. The molecule has 1 aromatic carbocycles. The molecule has 1 heterocycles. The van der Waals surface area contributed by atoms with E-state index in [9.17, 15) is 4.39 Å². The first kappa shape index (κ1) is 11.1. The lowest BCUT2D eigenvalue weighted by atomic mass is 9.91. The van der Waals surface area contributed by atoms with E-state index in [0.717, 1.165) is 22.9 Å². The largest absolute Gasteiger partial charge is 0.378 e. The Labute approximate surface area is 97.8 Å². The SMILES string of the molecule is C[C@H]1CCC(c2cc(Br)ccc2F)CO1. The molecule has 1 saturated heterocycles. The minimum Gasteiger partial charge on any atom is -0.378 e. The molecule has 82 valence electrons. The van der Waals surface area contributed by atoms with Gasteiger partial charge in [-0.15, -0.1) is 0 Å². The highest BCUT2D eigenvalue weighted by atomic mass is 79.9. The van der Waals surface area contributed by atoms with Crippen molar-refractivity contribution in [1.82, 2.24) is 0 Å².